The first kappa shape index (κ1) is 8.85. The van der Waals surface area contributed by atoms with Crippen molar-refractivity contribution >= 4 is 5.52 Å². The summed E-state index contributed by atoms with van der Waals surface area (Å²) in [6, 6.07) is 4.47. The Labute approximate surface area is 88.3 Å². The van der Waals surface area contributed by atoms with Crippen molar-refractivity contribution in [1.29, 1.82) is 0 Å². The number of aromatic nitrogens is 3. The van der Waals surface area contributed by atoms with E-state index in [0.717, 1.165) is 23.6 Å². The fraction of sp³-hybridized carbons (Fsp3) is 0.455. The normalized spacial score (nSPS) is 21.3. The van der Waals surface area contributed by atoms with Crippen LogP contribution in [0.4, 0.5) is 0 Å². The van der Waals surface area contributed by atoms with E-state index in [2.05, 4.69) is 21.5 Å². The molecule has 1 unspecified atom stereocenters. The Kier molecular flexibility index (Phi) is 1.95. The number of imidazole rings is 1. The zero-order valence-corrected chi connectivity index (χ0v) is 8.77. The first-order chi connectivity index (χ1) is 7.36. The van der Waals surface area contributed by atoms with Gasteiger partial charge in [0.25, 0.3) is 0 Å². The number of rotatable bonds is 1. The van der Waals surface area contributed by atoms with Crippen molar-refractivity contribution in [3.05, 3.63) is 29.8 Å². The third-order valence-electron chi connectivity index (χ3n) is 2.99. The van der Waals surface area contributed by atoms with Crippen LogP contribution in [0, 0.1) is 6.92 Å². The lowest BCUT2D eigenvalue weighted by Crippen LogP contribution is -2.13. The van der Waals surface area contributed by atoms with Gasteiger partial charge >= 0.3 is 0 Å². The highest BCUT2D eigenvalue weighted by Gasteiger charge is 2.21. The summed E-state index contributed by atoms with van der Waals surface area (Å²) in [4.78, 5) is 4.61. The van der Waals surface area contributed by atoms with Gasteiger partial charge in [-0.1, -0.05) is 0 Å². The largest absolute Gasteiger partial charge is 0.309 e. The van der Waals surface area contributed by atoms with Gasteiger partial charge in [-0.25, -0.2) is 9.50 Å². The fourth-order valence-electron chi connectivity index (χ4n) is 2.28. The Bertz CT molecular complexity index is 482. The minimum absolute atomic E-state index is 0.415. The molecule has 2 aromatic rings. The molecule has 0 bridgehead atoms. The minimum atomic E-state index is 0.415. The average molecular weight is 202 g/mol. The molecule has 1 aliphatic heterocycles. The molecule has 1 N–H and O–H groups in total. The van der Waals surface area contributed by atoms with E-state index >= 15 is 0 Å². The molecule has 1 fully saturated rings. The lowest BCUT2D eigenvalue weighted by atomic mass is 10.1. The molecule has 15 heavy (non-hydrogen) atoms. The van der Waals surface area contributed by atoms with Crippen LogP contribution in [0.15, 0.2) is 18.3 Å². The zero-order chi connectivity index (χ0) is 10.3. The van der Waals surface area contributed by atoms with Crippen LogP contribution in [0.5, 0.6) is 0 Å². The van der Waals surface area contributed by atoms with Crippen molar-refractivity contribution in [3.8, 4) is 0 Å². The Morgan fingerprint density at radius 1 is 1.53 bits per heavy atom. The number of nitrogens with zero attached hydrogens (tertiary/aromatic N) is 3. The van der Waals surface area contributed by atoms with Crippen molar-refractivity contribution < 1.29 is 0 Å². The van der Waals surface area contributed by atoms with E-state index in [1.807, 2.05) is 17.5 Å². The molecule has 78 valence electrons. The minimum Gasteiger partial charge on any atom is -0.309 e. The molecule has 0 saturated carbocycles. The molecule has 0 radical (unpaired) electrons. The van der Waals surface area contributed by atoms with E-state index in [4.69, 9.17) is 0 Å². The molecule has 3 rings (SSSR count). The zero-order valence-electron chi connectivity index (χ0n) is 8.77. The highest BCUT2D eigenvalue weighted by molar-refractivity contribution is 5.53. The summed E-state index contributed by atoms with van der Waals surface area (Å²) in [5, 5.41) is 7.77. The smallest absolute Gasteiger partial charge is 0.127 e. The summed E-state index contributed by atoms with van der Waals surface area (Å²) < 4.78 is 1.91. The quantitative estimate of drug-likeness (QED) is 0.761. The van der Waals surface area contributed by atoms with Crippen LogP contribution in [-0.2, 0) is 0 Å². The Balaban J connectivity index is 2.17. The van der Waals surface area contributed by atoms with Crippen LogP contribution >= 0.6 is 0 Å². The van der Waals surface area contributed by atoms with Gasteiger partial charge in [-0.15, -0.1) is 0 Å². The molecule has 3 heterocycles. The van der Waals surface area contributed by atoms with E-state index < -0.39 is 0 Å². The summed E-state index contributed by atoms with van der Waals surface area (Å²) in [6.45, 7) is 3.10. The van der Waals surface area contributed by atoms with Crippen LogP contribution in [0.1, 0.15) is 30.4 Å². The number of fused-ring (bicyclic) bond motifs is 1. The second-order valence-electron chi connectivity index (χ2n) is 4.01. The van der Waals surface area contributed by atoms with Crippen molar-refractivity contribution in [2.75, 3.05) is 6.54 Å². The van der Waals surface area contributed by atoms with Crippen LogP contribution in [-0.4, -0.2) is 21.1 Å². The topological polar surface area (TPSA) is 42.2 Å². The number of nitrogens with one attached hydrogen (secondary N) is 1. The Morgan fingerprint density at radius 3 is 3.27 bits per heavy atom. The first-order valence-corrected chi connectivity index (χ1v) is 5.40. The second kappa shape index (κ2) is 3.31. The molecule has 0 aliphatic carbocycles. The molecular weight excluding hydrogens is 188 g/mol. The molecule has 0 amide bonds. The third-order valence-corrected chi connectivity index (χ3v) is 2.99. The summed E-state index contributed by atoms with van der Waals surface area (Å²) in [5.74, 6) is 0.967. The molecule has 0 aromatic carbocycles. The SMILES string of the molecule is Cc1nc(C2CCCN2)c2cccnn12. The summed E-state index contributed by atoms with van der Waals surface area (Å²) in [7, 11) is 0. The maximum absolute atomic E-state index is 4.61. The molecule has 0 spiro atoms. The standard InChI is InChI=1S/C11H14N4/c1-8-14-11(9-4-2-6-12-9)10-5-3-7-13-15(8)10/h3,5,7,9,12H,2,4,6H2,1H3. The summed E-state index contributed by atoms with van der Waals surface area (Å²) in [6.07, 6.45) is 4.22. The number of hydrogen-bond acceptors (Lipinski definition) is 3. The van der Waals surface area contributed by atoms with Gasteiger partial charge in [-0.05, 0) is 38.4 Å². The predicted molar refractivity (Wildman–Crippen MR) is 57.7 cm³/mol. The lowest BCUT2D eigenvalue weighted by molar-refractivity contribution is 0.635. The van der Waals surface area contributed by atoms with Crippen LogP contribution in [0.3, 0.4) is 0 Å². The van der Waals surface area contributed by atoms with E-state index in [-0.39, 0.29) is 0 Å². The van der Waals surface area contributed by atoms with Crippen molar-refractivity contribution in [1.82, 2.24) is 19.9 Å². The van der Waals surface area contributed by atoms with Crippen LogP contribution < -0.4 is 5.32 Å². The summed E-state index contributed by atoms with van der Waals surface area (Å²) >= 11 is 0. The molecule has 1 atom stereocenters. The van der Waals surface area contributed by atoms with Gasteiger partial charge in [0.2, 0.25) is 0 Å². The molecule has 4 heteroatoms. The predicted octanol–water partition coefficient (Wildman–Crippen LogP) is 1.46. The highest BCUT2D eigenvalue weighted by atomic mass is 15.3. The molecule has 1 saturated heterocycles. The van der Waals surface area contributed by atoms with Gasteiger partial charge in [0.15, 0.2) is 0 Å². The Morgan fingerprint density at radius 2 is 2.47 bits per heavy atom. The molecule has 2 aromatic heterocycles. The van der Waals surface area contributed by atoms with Gasteiger partial charge in [0.05, 0.1) is 17.3 Å². The van der Waals surface area contributed by atoms with Crippen LogP contribution in [0.25, 0.3) is 5.52 Å². The number of aryl methyl sites for hydroxylation is 1. The molecule has 4 nitrogen and oxygen atoms in total. The van der Waals surface area contributed by atoms with E-state index in [1.165, 1.54) is 12.8 Å². The van der Waals surface area contributed by atoms with Gasteiger partial charge in [0.1, 0.15) is 5.82 Å². The highest BCUT2D eigenvalue weighted by Crippen LogP contribution is 2.25. The second-order valence-corrected chi connectivity index (χ2v) is 4.01. The van der Waals surface area contributed by atoms with Crippen LogP contribution in [0.2, 0.25) is 0 Å². The summed E-state index contributed by atoms with van der Waals surface area (Å²) in [5.41, 5.74) is 2.28. The van der Waals surface area contributed by atoms with E-state index in [1.54, 1.807) is 6.20 Å². The van der Waals surface area contributed by atoms with E-state index in [0.29, 0.717) is 6.04 Å². The molecular formula is C11H14N4. The van der Waals surface area contributed by atoms with Crippen molar-refractivity contribution in [2.45, 2.75) is 25.8 Å². The van der Waals surface area contributed by atoms with Gasteiger partial charge in [0, 0.05) is 6.20 Å². The molecule has 1 aliphatic rings. The van der Waals surface area contributed by atoms with Crippen molar-refractivity contribution in [2.24, 2.45) is 0 Å². The van der Waals surface area contributed by atoms with Crippen molar-refractivity contribution in [3.63, 3.8) is 0 Å². The average Bonchev–Trinajstić information content (AvgIpc) is 2.87. The first-order valence-electron chi connectivity index (χ1n) is 5.40. The van der Waals surface area contributed by atoms with Gasteiger partial charge < -0.3 is 5.32 Å². The van der Waals surface area contributed by atoms with E-state index in [9.17, 15) is 0 Å². The Hall–Kier alpha value is -1.42. The number of hydrogen-bond donors (Lipinski definition) is 1. The maximum atomic E-state index is 4.61. The fourth-order valence-corrected chi connectivity index (χ4v) is 2.28. The monoisotopic (exact) mass is 202 g/mol. The van der Waals surface area contributed by atoms with Gasteiger partial charge in [-0.2, -0.15) is 5.10 Å². The van der Waals surface area contributed by atoms with Gasteiger partial charge in [-0.3, -0.25) is 0 Å². The maximum Gasteiger partial charge on any atom is 0.127 e. The lowest BCUT2D eigenvalue weighted by Gasteiger charge is -2.06. The third kappa shape index (κ3) is 1.33.